The van der Waals surface area contributed by atoms with E-state index in [2.05, 4.69) is 0 Å². The first kappa shape index (κ1) is 15.7. The van der Waals surface area contributed by atoms with E-state index in [4.69, 9.17) is 13.6 Å². The number of ether oxygens (including phenoxy) is 1. The number of carbonyl (C=O) groups is 2. The van der Waals surface area contributed by atoms with Crippen molar-refractivity contribution in [3.05, 3.63) is 30.3 Å². The lowest BCUT2D eigenvalue weighted by Crippen LogP contribution is -2.54. The summed E-state index contributed by atoms with van der Waals surface area (Å²) in [6, 6.07) is 9.16. The molecule has 2 rings (SSSR count). The molecule has 1 aromatic rings. The first-order chi connectivity index (χ1) is 9.83. The molecular weight excluding hydrogens is 288 g/mol. The molecule has 0 radical (unpaired) electrons. The predicted octanol–water partition coefficient (Wildman–Crippen LogP) is 1.50. The fourth-order valence-electron chi connectivity index (χ4n) is 2.31. The van der Waals surface area contributed by atoms with Gasteiger partial charge in [0.05, 0.1) is 19.6 Å². The summed E-state index contributed by atoms with van der Waals surface area (Å²) >= 11 is 0. The number of hydrogen-bond donors (Lipinski definition) is 0. The Morgan fingerprint density at radius 3 is 2.33 bits per heavy atom. The molecular formula is C15H20O5Si. The van der Waals surface area contributed by atoms with Crippen LogP contribution >= 0.6 is 0 Å². The van der Waals surface area contributed by atoms with E-state index in [1.165, 1.54) is 6.92 Å². The van der Waals surface area contributed by atoms with Crippen LogP contribution in [0.25, 0.3) is 0 Å². The van der Waals surface area contributed by atoms with Crippen LogP contribution in [-0.4, -0.2) is 33.7 Å². The second-order valence-corrected chi connectivity index (χ2v) is 8.74. The van der Waals surface area contributed by atoms with Gasteiger partial charge in [0, 0.05) is 24.1 Å². The van der Waals surface area contributed by atoms with Gasteiger partial charge in [-0.05, 0) is 0 Å². The molecule has 0 spiro atoms. The van der Waals surface area contributed by atoms with E-state index in [1.54, 1.807) is 6.55 Å². The highest BCUT2D eigenvalue weighted by molar-refractivity contribution is 6.82. The Labute approximate surface area is 125 Å². The maximum absolute atomic E-state index is 12.2. The molecule has 1 unspecified atom stereocenters. The van der Waals surface area contributed by atoms with Gasteiger partial charge in [0.15, 0.2) is 0 Å². The monoisotopic (exact) mass is 308 g/mol. The van der Waals surface area contributed by atoms with Gasteiger partial charge in [-0.15, -0.1) is 0 Å². The normalized spacial score (nSPS) is 19.0. The average Bonchev–Trinajstić information content (AvgIpc) is 2.36. The van der Waals surface area contributed by atoms with Crippen LogP contribution < -0.4 is 5.19 Å². The summed E-state index contributed by atoms with van der Waals surface area (Å²) in [5.74, 6) is -0.793. The highest BCUT2D eigenvalue weighted by Gasteiger charge is 2.44. The van der Waals surface area contributed by atoms with Crippen molar-refractivity contribution < 1.29 is 23.2 Å². The van der Waals surface area contributed by atoms with Gasteiger partial charge in [-0.1, -0.05) is 37.3 Å². The highest BCUT2D eigenvalue weighted by Crippen LogP contribution is 2.31. The van der Waals surface area contributed by atoms with Gasteiger partial charge in [0.2, 0.25) is 0 Å². The van der Waals surface area contributed by atoms with Crippen LogP contribution in [0.15, 0.2) is 30.3 Å². The summed E-state index contributed by atoms with van der Waals surface area (Å²) in [7, 11) is -3.08. The van der Waals surface area contributed by atoms with Crippen molar-refractivity contribution in [2.45, 2.75) is 26.8 Å². The Kier molecular flexibility index (Phi) is 4.48. The molecule has 1 aromatic carbocycles. The Morgan fingerprint density at radius 1 is 1.24 bits per heavy atom. The van der Waals surface area contributed by atoms with Crippen LogP contribution in [0.3, 0.4) is 0 Å². The van der Waals surface area contributed by atoms with E-state index in [1.807, 2.05) is 37.3 Å². The predicted molar refractivity (Wildman–Crippen MR) is 79.1 cm³/mol. The zero-order valence-corrected chi connectivity index (χ0v) is 13.5. The van der Waals surface area contributed by atoms with Crippen molar-refractivity contribution in [3.63, 3.8) is 0 Å². The molecule has 114 valence electrons. The second-order valence-electron chi connectivity index (χ2n) is 5.86. The van der Waals surface area contributed by atoms with Crippen molar-refractivity contribution in [1.29, 1.82) is 0 Å². The fraction of sp³-hybridized carbons (Fsp3) is 0.467. The van der Waals surface area contributed by atoms with Crippen LogP contribution in [0, 0.1) is 5.41 Å². The topological polar surface area (TPSA) is 61.8 Å². The number of rotatable bonds is 5. The molecule has 6 heteroatoms. The number of carbonyl (C=O) groups excluding carboxylic acids is 2. The minimum absolute atomic E-state index is 0.167. The lowest BCUT2D eigenvalue weighted by atomic mass is 9.85. The molecule has 1 atom stereocenters. The molecule has 21 heavy (non-hydrogen) atoms. The molecule has 0 bridgehead atoms. The zero-order chi connectivity index (χ0) is 15.5. The molecule has 1 heterocycles. The van der Waals surface area contributed by atoms with Crippen LogP contribution in [0.1, 0.15) is 20.3 Å². The Morgan fingerprint density at radius 2 is 1.86 bits per heavy atom. The van der Waals surface area contributed by atoms with Gasteiger partial charge < -0.3 is 13.6 Å². The maximum atomic E-state index is 12.2. The molecule has 5 nitrogen and oxygen atoms in total. The van der Waals surface area contributed by atoms with E-state index in [-0.39, 0.29) is 17.8 Å². The van der Waals surface area contributed by atoms with E-state index in [0.717, 1.165) is 5.19 Å². The van der Waals surface area contributed by atoms with Crippen molar-refractivity contribution in [1.82, 2.24) is 0 Å². The third-order valence-electron chi connectivity index (χ3n) is 3.42. The summed E-state index contributed by atoms with van der Waals surface area (Å²) in [4.78, 5) is 23.6. The Hall–Kier alpha value is -1.66. The van der Waals surface area contributed by atoms with Crippen LogP contribution in [-0.2, 0) is 23.2 Å². The van der Waals surface area contributed by atoms with E-state index in [9.17, 15) is 9.59 Å². The van der Waals surface area contributed by atoms with E-state index in [0.29, 0.717) is 13.2 Å². The lowest BCUT2D eigenvalue weighted by Gasteiger charge is -2.38. The molecule has 0 N–H and O–H groups in total. The van der Waals surface area contributed by atoms with Gasteiger partial charge in [-0.2, -0.15) is 0 Å². The number of hydrogen-bond acceptors (Lipinski definition) is 5. The van der Waals surface area contributed by atoms with E-state index < -0.39 is 14.5 Å². The summed E-state index contributed by atoms with van der Waals surface area (Å²) in [5.41, 5.74) is -0.167. The van der Waals surface area contributed by atoms with Crippen LogP contribution in [0.4, 0.5) is 0 Å². The van der Waals surface area contributed by atoms with Crippen molar-refractivity contribution in [3.8, 4) is 0 Å². The summed E-state index contributed by atoms with van der Waals surface area (Å²) < 4.78 is 16.1. The standard InChI is InChI=1S/C15H20O5Si/c1-12(16)19-21(3,13-7-5-4-6-8-13)20-14(17)9-15(2)10-18-11-15/h4-8H,9-11H2,1-3H3. The molecule has 0 aromatic heterocycles. The molecule has 1 aliphatic rings. The van der Waals surface area contributed by atoms with Gasteiger partial charge in [-0.3, -0.25) is 9.59 Å². The largest absolute Gasteiger partial charge is 0.496 e. The molecule has 1 aliphatic heterocycles. The van der Waals surface area contributed by atoms with Crippen molar-refractivity contribution >= 4 is 25.7 Å². The minimum Gasteiger partial charge on any atom is -0.482 e. The number of benzene rings is 1. The highest BCUT2D eigenvalue weighted by atomic mass is 28.4. The van der Waals surface area contributed by atoms with Gasteiger partial charge in [-0.25, -0.2) is 0 Å². The lowest BCUT2D eigenvalue weighted by molar-refractivity contribution is -0.153. The third kappa shape index (κ3) is 3.92. The molecule has 0 aliphatic carbocycles. The summed E-state index contributed by atoms with van der Waals surface area (Å²) in [6.45, 7) is 6.12. The first-order valence-corrected chi connectivity index (χ1v) is 9.19. The van der Waals surface area contributed by atoms with E-state index >= 15 is 0 Å². The van der Waals surface area contributed by atoms with Gasteiger partial charge in [0.25, 0.3) is 11.9 Å². The molecule has 0 amide bonds. The fourth-order valence-corrected chi connectivity index (χ4v) is 4.44. The molecule has 1 saturated heterocycles. The zero-order valence-electron chi connectivity index (χ0n) is 12.5. The first-order valence-electron chi connectivity index (χ1n) is 6.88. The molecule has 1 fully saturated rings. The minimum atomic E-state index is -3.08. The second kappa shape index (κ2) is 5.99. The SMILES string of the molecule is CC(=O)O[Si](C)(OC(=O)CC1(C)COC1)c1ccccc1. The Bertz CT molecular complexity index is 526. The Balaban J connectivity index is 2.12. The summed E-state index contributed by atoms with van der Waals surface area (Å²) in [6.07, 6.45) is 0.268. The molecule has 0 saturated carbocycles. The average molecular weight is 308 g/mol. The van der Waals surface area contributed by atoms with Crippen molar-refractivity contribution in [2.75, 3.05) is 13.2 Å². The third-order valence-corrected chi connectivity index (χ3v) is 6.09. The van der Waals surface area contributed by atoms with Gasteiger partial charge in [0.1, 0.15) is 0 Å². The summed E-state index contributed by atoms with van der Waals surface area (Å²) in [5, 5.41) is 0.753. The van der Waals surface area contributed by atoms with Crippen molar-refractivity contribution in [2.24, 2.45) is 5.41 Å². The quantitative estimate of drug-likeness (QED) is 0.771. The van der Waals surface area contributed by atoms with Gasteiger partial charge >= 0.3 is 8.56 Å². The van der Waals surface area contributed by atoms with Crippen LogP contribution in [0.2, 0.25) is 6.55 Å². The van der Waals surface area contributed by atoms with Crippen LogP contribution in [0.5, 0.6) is 0 Å². The smallest absolute Gasteiger partial charge is 0.482 e. The maximum Gasteiger partial charge on any atom is 0.496 e.